The Hall–Kier alpha value is -2.72. The van der Waals surface area contributed by atoms with Crippen molar-refractivity contribution in [2.24, 2.45) is 11.8 Å². The Morgan fingerprint density at radius 1 is 0.750 bits per heavy atom. The average Bonchev–Trinajstić information content (AvgIpc) is 2.91. The van der Waals surface area contributed by atoms with Crippen molar-refractivity contribution < 1.29 is 48.3 Å². The Bertz CT molecular complexity index is 575. The summed E-state index contributed by atoms with van der Waals surface area (Å²) in [6.45, 7) is 14.5. The zero-order chi connectivity index (χ0) is 28.8. The van der Waals surface area contributed by atoms with Gasteiger partial charge in [0.15, 0.2) is 0 Å². The molecule has 36 heavy (non-hydrogen) atoms. The molecule has 0 radical (unpaired) electrons. The smallest absolute Gasteiger partial charge is 0.330 e. The minimum atomic E-state index is -0.505. The summed E-state index contributed by atoms with van der Waals surface area (Å²) in [6, 6.07) is 0. The van der Waals surface area contributed by atoms with E-state index in [4.69, 9.17) is 19.7 Å². The Morgan fingerprint density at radius 2 is 1.14 bits per heavy atom. The summed E-state index contributed by atoms with van der Waals surface area (Å²) in [5.41, 5.74) is 0. The van der Waals surface area contributed by atoms with Crippen molar-refractivity contribution in [2.45, 2.75) is 66.2 Å². The zero-order valence-electron chi connectivity index (χ0n) is 23.0. The van der Waals surface area contributed by atoms with Crippen molar-refractivity contribution in [3.63, 3.8) is 0 Å². The van der Waals surface area contributed by atoms with Crippen LogP contribution in [0.15, 0.2) is 25.3 Å². The van der Waals surface area contributed by atoms with Gasteiger partial charge in [-0.2, -0.15) is 0 Å². The molecule has 0 spiro atoms. The highest BCUT2D eigenvalue weighted by Crippen LogP contribution is 2.09. The van der Waals surface area contributed by atoms with E-state index in [1.165, 1.54) is 7.11 Å². The molecule has 0 bridgehead atoms. The van der Waals surface area contributed by atoms with Crippen LogP contribution in [0.4, 0.5) is 0 Å². The van der Waals surface area contributed by atoms with Gasteiger partial charge in [0.1, 0.15) is 19.8 Å². The van der Waals surface area contributed by atoms with Gasteiger partial charge in [0.2, 0.25) is 0 Å². The molecular formula is C26H48O10. The summed E-state index contributed by atoms with van der Waals surface area (Å²) in [7, 11) is 2.31. The molecule has 10 nitrogen and oxygen atoms in total. The fraction of sp³-hybridized carbons (Fsp3) is 0.692. The molecule has 0 aliphatic heterocycles. The fourth-order valence-electron chi connectivity index (χ4n) is 2.11. The molecule has 0 amide bonds. The third-order valence-corrected chi connectivity index (χ3v) is 4.23. The third kappa shape index (κ3) is 31.3. The van der Waals surface area contributed by atoms with Crippen LogP contribution in [0.2, 0.25) is 0 Å². The SMILES string of the molecule is C=CC(=O)OC.C=CC(=O)OCCOC(=O)C(C)CCCC.CCCCC(C)C(=O)OCCO.CO. The first kappa shape index (κ1) is 40.4. The number of carbonyl (C=O) groups excluding carboxylic acids is 4. The molecule has 0 aromatic rings. The van der Waals surface area contributed by atoms with Gasteiger partial charge in [-0.1, -0.05) is 66.5 Å². The van der Waals surface area contributed by atoms with E-state index in [0.717, 1.165) is 57.8 Å². The minimum Gasteiger partial charge on any atom is -0.466 e. The number of unbranched alkanes of at least 4 members (excludes halogenated alkanes) is 2. The topological polar surface area (TPSA) is 146 Å². The first-order valence-corrected chi connectivity index (χ1v) is 12.0. The predicted molar refractivity (Wildman–Crippen MR) is 138 cm³/mol. The van der Waals surface area contributed by atoms with Crippen molar-refractivity contribution in [3.05, 3.63) is 25.3 Å². The number of esters is 4. The summed E-state index contributed by atoms with van der Waals surface area (Å²) >= 11 is 0. The Kier molecular flexibility index (Phi) is 36.3. The number of methoxy groups -OCH3 is 1. The minimum absolute atomic E-state index is 0.0310. The maximum absolute atomic E-state index is 11.4. The summed E-state index contributed by atoms with van der Waals surface area (Å²) in [5.74, 6) is -1.45. The second kappa shape index (κ2) is 32.3. The van der Waals surface area contributed by atoms with E-state index < -0.39 is 11.9 Å². The van der Waals surface area contributed by atoms with Crippen LogP contribution in [0, 0.1) is 11.8 Å². The molecule has 0 heterocycles. The van der Waals surface area contributed by atoms with Crippen molar-refractivity contribution in [3.8, 4) is 0 Å². The van der Waals surface area contributed by atoms with E-state index in [9.17, 15) is 19.2 Å². The third-order valence-electron chi connectivity index (χ3n) is 4.23. The number of carbonyl (C=O) groups is 4. The zero-order valence-corrected chi connectivity index (χ0v) is 23.0. The van der Waals surface area contributed by atoms with E-state index in [2.05, 4.69) is 36.5 Å². The molecular weight excluding hydrogens is 472 g/mol. The van der Waals surface area contributed by atoms with Gasteiger partial charge in [0, 0.05) is 19.3 Å². The van der Waals surface area contributed by atoms with Crippen LogP contribution in [-0.4, -0.2) is 74.7 Å². The van der Waals surface area contributed by atoms with E-state index >= 15 is 0 Å². The Balaban J connectivity index is -0.000000225. The summed E-state index contributed by atoms with van der Waals surface area (Å²) in [5, 5.41) is 15.4. The molecule has 0 aliphatic carbocycles. The Labute approximate surface area is 216 Å². The van der Waals surface area contributed by atoms with E-state index in [1.54, 1.807) is 0 Å². The Morgan fingerprint density at radius 3 is 1.44 bits per heavy atom. The number of aliphatic hydroxyl groups is 2. The molecule has 10 heteroatoms. The lowest BCUT2D eigenvalue weighted by Gasteiger charge is -2.10. The van der Waals surface area contributed by atoms with Crippen molar-refractivity contribution in [2.75, 3.05) is 40.6 Å². The highest BCUT2D eigenvalue weighted by Gasteiger charge is 2.14. The number of rotatable bonds is 15. The van der Waals surface area contributed by atoms with Gasteiger partial charge in [0.25, 0.3) is 0 Å². The van der Waals surface area contributed by atoms with E-state index in [-0.39, 0.29) is 50.2 Å². The second-order valence-corrected chi connectivity index (χ2v) is 7.24. The monoisotopic (exact) mass is 520 g/mol. The average molecular weight is 521 g/mol. The highest BCUT2D eigenvalue weighted by atomic mass is 16.6. The lowest BCUT2D eigenvalue weighted by atomic mass is 10.1. The molecule has 2 unspecified atom stereocenters. The van der Waals surface area contributed by atoms with Gasteiger partial charge in [0.05, 0.1) is 25.6 Å². The molecule has 0 saturated carbocycles. The number of hydrogen-bond donors (Lipinski definition) is 2. The fourth-order valence-corrected chi connectivity index (χ4v) is 2.11. The molecule has 0 saturated heterocycles. The van der Waals surface area contributed by atoms with Crippen LogP contribution < -0.4 is 0 Å². The van der Waals surface area contributed by atoms with Gasteiger partial charge in [-0.15, -0.1) is 0 Å². The van der Waals surface area contributed by atoms with E-state index in [1.807, 2.05) is 13.8 Å². The molecule has 0 fully saturated rings. The van der Waals surface area contributed by atoms with Gasteiger partial charge in [-0.3, -0.25) is 9.59 Å². The molecule has 2 N–H and O–H groups in total. The lowest BCUT2D eigenvalue weighted by Crippen LogP contribution is -2.18. The second-order valence-electron chi connectivity index (χ2n) is 7.24. The van der Waals surface area contributed by atoms with Crippen LogP contribution in [-0.2, 0) is 38.1 Å². The van der Waals surface area contributed by atoms with Gasteiger partial charge >= 0.3 is 23.9 Å². The summed E-state index contributed by atoms with van der Waals surface area (Å²) < 4.78 is 18.5. The highest BCUT2D eigenvalue weighted by molar-refractivity contribution is 5.81. The standard InChI is InChI=1S/C12H20O4.C9H18O3.C4H6O2.CH4O/c1-4-6-7-10(3)12(14)16-9-8-15-11(13)5-2;1-3-4-5-8(2)9(11)12-7-6-10;1-3-4(5)6-2;1-2/h5,10H,2,4,6-9H2,1,3H3;8,10H,3-7H2,1-2H3;3H,1H2,2H3;2H,1H3. The molecule has 0 aromatic carbocycles. The van der Waals surface area contributed by atoms with Crippen molar-refractivity contribution in [1.29, 1.82) is 0 Å². The van der Waals surface area contributed by atoms with Crippen LogP contribution in [0.1, 0.15) is 66.2 Å². The van der Waals surface area contributed by atoms with Crippen molar-refractivity contribution in [1.82, 2.24) is 0 Å². The van der Waals surface area contributed by atoms with Crippen LogP contribution >= 0.6 is 0 Å². The molecule has 212 valence electrons. The summed E-state index contributed by atoms with van der Waals surface area (Å²) in [4.78, 5) is 42.9. The first-order valence-electron chi connectivity index (χ1n) is 12.0. The lowest BCUT2D eigenvalue weighted by molar-refractivity contribution is -0.153. The van der Waals surface area contributed by atoms with Crippen molar-refractivity contribution >= 4 is 23.9 Å². The molecule has 0 aromatic heterocycles. The van der Waals surface area contributed by atoms with Crippen LogP contribution in [0.5, 0.6) is 0 Å². The molecule has 0 aliphatic rings. The molecule has 0 rings (SSSR count). The maximum atomic E-state index is 11.4. The quantitative estimate of drug-likeness (QED) is 0.143. The van der Waals surface area contributed by atoms with Gasteiger partial charge in [-0.05, 0) is 12.8 Å². The predicted octanol–water partition coefficient (Wildman–Crippen LogP) is 3.39. The van der Waals surface area contributed by atoms with Gasteiger partial charge < -0.3 is 29.2 Å². The number of aliphatic hydroxyl groups excluding tert-OH is 2. The first-order chi connectivity index (χ1) is 17.1. The largest absolute Gasteiger partial charge is 0.466 e. The van der Waals surface area contributed by atoms with Crippen LogP contribution in [0.3, 0.4) is 0 Å². The molecule has 2 atom stereocenters. The van der Waals surface area contributed by atoms with E-state index in [0.29, 0.717) is 0 Å². The van der Waals surface area contributed by atoms with Crippen LogP contribution in [0.25, 0.3) is 0 Å². The number of hydrogen-bond acceptors (Lipinski definition) is 10. The van der Waals surface area contributed by atoms with Gasteiger partial charge in [-0.25, -0.2) is 9.59 Å². The maximum Gasteiger partial charge on any atom is 0.330 e. The normalized spacial score (nSPS) is 10.7. The number of ether oxygens (including phenoxy) is 4. The summed E-state index contributed by atoms with van der Waals surface area (Å²) in [6.07, 6.45) is 8.12.